The van der Waals surface area contributed by atoms with Crippen molar-refractivity contribution in [2.75, 3.05) is 6.54 Å². The predicted octanol–water partition coefficient (Wildman–Crippen LogP) is 3.66. The Hall–Kier alpha value is -0.890. The summed E-state index contributed by atoms with van der Waals surface area (Å²) in [6, 6.07) is 2.91. The number of pyridine rings is 1. The lowest BCUT2D eigenvalue weighted by Gasteiger charge is -2.32. The molecule has 2 unspecified atom stereocenters. The number of aryl methyl sites for hydroxylation is 1. The lowest BCUT2D eigenvalue weighted by molar-refractivity contribution is 0.289. The lowest BCUT2D eigenvalue weighted by atomic mass is 9.75. The molecule has 2 nitrogen and oxygen atoms in total. The van der Waals surface area contributed by atoms with Gasteiger partial charge in [-0.15, -0.1) is 0 Å². The van der Waals surface area contributed by atoms with Gasteiger partial charge in [0.05, 0.1) is 0 Å². The molecular weight excluding hydrogens is 220 g/mol. The average Bonchev–Trinajstić information content (AvgIpc) is 2.36. The first kappa shape index (κ1) is 13.5. The van der Waals surface area contributed by atoms with Crippen LogP contribution in [0, 0.1) is 12.8 Å². The van der Waals surface area contributed by atoms with Crippen molar-refractivity contribution in [3.05, 3.63) is 29.6 Å². The van der Waals surface area contributed by atoms with Gasteiger partial charge in [0.2, 0.25) is 0 Å². The van der Waals surface area contributed by atoms with Crippen molar-refractivity contribution in [2.45, 2.75) is 58.4 Å². The van der Waals surface area contributed by atoms with Crippen LogP contribution in [0.1, 0.15) is 56.6 Å². The van der Waals surface area contributed by atoms with Gasteiger partial charge >= 0.3 is 0 Å². The SMILES string of the molecule is Cc1cncc(C2CCCCC2CNC(C)C)c1. The van der Waals surface area contributed by atoms with Crippen LogP contribution in [0.25, 0.3) is 0 Å². The Morgan fingerprint density at radius 2 is 2.06 bits per heavy atom. The number of hydrogen-bond donors (Lipinski definition) is 1. The Morgan fingerprint density at radius 1 is 1.28 bits per heavy atom. The fraction of sp³-hybridized carbons (Fsp3) is 0.688. The maximum Gasteiger partial charge on any atom is 0.0303 e. The minimum Gasteiger partial charge on any atom is -0.314 e. The summed E-state index contributed by atoms with van der Waals surface area (Å²) in [7, 11) is 0. The Morgan fingerprint density at radius 3 is 2.78 bits per heavy atom. The van der Waals surface area contributed by atoms with E-state index in [1.807, 2.05) is 6.20 Å². The fourth-order valence-corrected chi connectivity index (χ4v) is 3.06. The lowest BCUT2D eigenvalue weighted by Crippen LogP contribution is -2.33. The van der Waals surface area contributed by atoms with Gasteiger partial charge in [-0.25, -0.2) is 0 Å². The van der Waals surface area contributed by atoms with Crippen LogP contribution >= 0.6 is 0 Å². The summed E-state index contributed by atoms with van der Waals surface area (Å²) in [5, 5.41) is 3.61. The van der Waals surface area contributed by atoms with Crippen molar-refractivity contribution >= 4 is 0 Å². The third kappa shape index (κ3) is 3.55. The van der Waals surface area contributed by atoms with E-state index in [4.69, 9.17) is 0 Å². The molecule has 1 fully saturated rings. The van der Waals surface area contributed by atoms with Gasteiger partial charge in [-0.2, -0.15) is 0 Å². The molecule has 1 aromatic rings. The van der Waals surface area contributed by atoms with Crippen LogP contribution in [0.5, 0.6) is 0 Å². The Labute approximate surface area is 111 Å². The summed E-state index contributed by atoms with van der Waals surface area (Å²) in [6.45, 7) is 7.75. The smallest absolute Gasteiger partial charge is 0.0303 e. The highest BCUT2D eigenvalue weighted by atomic mass is 14.9. The standard InChI is InChI=1S/C16H26N2/c1-12(2)18-11-14-6-4-5-7-16(14)15-8-13(3)9-17-10-15/h8-10,12,14,16,18H,4-7,11H2,1-3H3. The minimum absolute atomic E-state index is 0.586. The van der Waals surface area contributed by atoms with Gasteiger partial charge in [-0.05, 0) is 49.3 Å². The quantitative estimate of drug-likeness (QED) is 0.877. The highest BCUT2D eigenvalue weighted by molar-refractivity contribution is 5.22. The van der Waals surface area contributed by atoms with E-state index in [-0.39, 0.29) is 0 Å². The molecule has 1 aliphatic carbocycles. The van der Waals surface area contributed by atoms with Crippen LogP contribution in [0.4, 0.5) is 0 Å². The Balaban J connectivity index is 2.07. The molecule has 0 amide bonds. The molecule has 1 N–H and O–H groups in total. The molecular formula is C16H26N2. The molecule has 1 heterocycles. The maximum absolute atomic E-state index is 4.37. The normalized spacial score (nSPS) is 24.4. The van der Waals surface area contributed by atoms with Crippen LogP contribution in [0.3, 0.4) is 0 Å². The molecule has 0 saturated heterocycles. The van der Waals surface area contributed by atoms with Crippen molar-refractivity contribution in [1.82, 2.24) is 10.3 Å². The predicted molar refractivity (Wildman–Crippen MR) is 76.8 cm³/mol. The third-order valence-corrected chi connectivity index (χ3v) is 4.02. The molecule has 1 saturated carbocycles. The molecule has 0 radical (unpaired) electrons. The van der Waals surface area contributed by atoms with Crippen molar-refractivity contribution < 1.29 is 0 Å². The van der Waals surface area contributed by atoms with Crippen LogP contribution in [0.2, 0.25) is 0 Å². The summed E-state index contributed by atoms with van der Waals surface area (Å²) in [5.74, 6) is 1.49. The molecule has 0 bridgehead atoms. The number of nitrogens with zero attached hydrogens (tertiary/aromatic N) is 1. The van der Waals surface area contributed by atoms with Gasteiger partial charge < -0.3 is 5.32 Å². The number of hydrogen-bond acceptors (Lipinski definition) is 2. The summed E-state index contributed by atoms with van der Waals surface area (Å²) < 4.78 is 0. The molecule has 18 heavy (non-hydrogen) atoms. The first-order chi connectivity index (χ1) is 8.66. The van der Waals surface area contributed by atoms with Gasteiger partial charge in [-0.3, -0.25) is 4.98 Å². The molecule has 0 spiro atoms. The highest BCUT2D eigenvalue weighted by Crippen LogP contribution is 2.37. The maximum atomic E-state index is 4.37. The van der Waals surface area contributed by atoms with E-state index in [0.29, 0.717) is 12.0 Å². The zero-order chi connectivity index (χ0) is 13.0. The second-order valence-corrected chi connectivity index (χ2v) is 6.01. The van der Waals surface area contributed by atoms with E-state index >= 15 is 0 Å². The second-order valence-electron chi connectivity index (χ2n) is 6.01. The molecule has 1 aromatic heterocycles. The second kappa shape index (κ2) is 6.33. The van der Waals surface area contributed by atoms with E-state index in [0.717, 1.165) is 12.5 Å². The monoisotopic (exact) mass is 246 g/mol. The van der Waals surface area contributed by atoms with Gasteiger partial charge in [0, 0.05) is 18.4 Å². The van der Waals surface area contributed by atoms with E-state index in [9.17, 15) is 0 Å². The van der Waals surface area contributed by atoms with E-state index in [1.54, 1.807) is 0 Å². The Kier molecular flexibility index (Phi) is 4.76. The summed E-state index contributed by atoms with van der Waals surface area (Å²) in [6.07, 6.45) is 9.48. The first-order valence-corrected chi connectivity index (χ1v) is 7.31. The zero-order valence-electron chi connectivity index (χ0n) is 11.9. The fourth-order valence-electron chi connectivity index (χ4n) is 3.06. The highest BCUT2D eigenvalue weighted by Gasteiger charge is 2.26. The molecule has 1 aliphatic rings. The molecule has 2 atom stereocenters. The van der Waals surface area contributed by atoms with E-state index in [1.165, 1.54) is 36.8 Å². The molecule has 0 aliphatic heterocycles. The summed E-state index contributed by atoms with van der Waals surface area (Å²) in [5.41, 5.74) is 2.74. The van der Waals surface area contributed by atoms with Crippen LogP contribution < -0.4 is 5.32 Å². The van der Waals surface area contributed by atoms with Crippen molar-refractivity contribution in [1.29, 1.82) is 0 Å². The van der Waals surface area contributed by atoms with E-state index in [2.05, 4.69) is 43.3 Å². The number of rotatable bonds is 4. The number of aromatic nitrogens is 1. The van der Waals surface area contributed by atoms with Gasteiger partial charge in [0.25, 0.3) is 0 Å². The first-order valence-electron chi connectivity index (χ1n) is 7.31. The largest absolute Gasteiger partial charge is 0.314 e. The molecule has 2 rings (SSSR count). The van der Waals surface area contributed by atoms with Crippen LogP contribution in [-0.4, -0.2) is 17.6 Å². The van der Waals surface area contributed by atoms with Crippen molar-refractivity contribution in [3.63, 3.8) is 0 Å². The number of nitrogens with one attached hydrogen (secondary N) is 1. The van der Waals surface area contributed by atoms with Crippen molar-refractivity contribution in [3.8, 4) is 0 Å². The summed E-state index contributed by atoms with van der Waals surface area (Å²) in [4.78, 5) is 4.37. The molecule has 2 heteroatoms. The van der Waals surface area contributed by atoms with Gasteiger partial charge in [0.15, 0.2) is 0 Å². The van der Waals surface area contributed by atoms with Gasteiger partial charge in [-0.1, -0.05) is 32.8 Å². The summed E-state index contributed by atoms with van der Waals surface area (Å²) >= 11 is 0. The molecule has 100 valence electrons. The Bertz CT molecular complexity index is 373. The molecule has 0 aromatic carbocycles. The third-order valence-electron chi connectivity index (χ3n) is 4.02. The van der Waals surface area contributed by atoms with Crippen LogP contribution in [-0.2, 0) is 0 Å². The minimum atomic E-state index is 0.586. The van der Waals surface area contributed by atoms with Gasteiger partial charge in [0.1, 0.15) is 0 Å². The van der Waals surface area contributed by atoms with E-state index < -0.39 is 0 Å². The topological polar surface area (TPSA) is 24.9 Å². The van der Waals surface area contributed by atoms with Crippen LogP contribution in [0.15, 0.2) is 18.5 Å². The zero-order valence-corrected chi connectivity index (χ0v) is 11.9. The van der Waals surface area contributed by atoms with Crippen molar-refractivity contribution in [2.24, 2.45) is 5.92 Å². The average molecular weight is 246 g/mol.